The van der Waals surface area contributed by atoms with Crippen LogP contribution in [0.25, 0.3) is 16.8 Å². The molecule has 0 aliphatic carbocycles. The van der Waals surface area contributed by atoms with E-state index in [1.807, 2.05) is 32.1 Å². The molecule has 1 amide bonds. The van der Waals surface area contributed by atoms with Crippen molar-refractivity contribution >= 4 is 22.8 Å². The number of amides is 1. The smallest absolute Gasteiger partial charge is 0.249 e. The van der Waals surface area contributed by atoms with Gasteiger partial charge in [-0.1, -0.05) is 50.5 Å². The van der Waals surface area contributed by atoms with E-state index < -0.39 is 5.41 Å². The van der Waals surface area contributed by atoms with Crippen LogP contribution in [-0.4, -0.2) is 12.5 Å². The van der Waals surface area contributed by atoms with Gasteiger partial charge in [-0.15, -0.1) is 0 Å². The Morgan fingerprint density at radius 2 is 1.92 bits per heavy atom. The summed E-state index contributed by atoms with van der Waals surface area (Å²) in [4.78, 5) is 11.9. The molecule has 1 aliphatic rings. The molecular weight excluding hydrogens is 324 g/mol. The second-order valence-corrected chi connectivity index (χ2v) is 7.40. The Hall–Kier alpha value is -2.49. The number of hydrazine groups is 1. The molecule has 0 radical (unpaired) electrons. The fourth-order valence-electron chi connectivity index (χ4n) is 3.15. The van der Waals surface area contributed by atoms with Gasteiger partial charge in [0.05, 0.1) is 12.0 Å². The van der Waals surface area contributed by atoms with Crippen LogP contribution in [0.2, 0.25) is 0 Å². The van der Waals surface area contributed by atoms with Crippen molar-refractivity contribution in [2.75, 3.05) is 6.61 Å². The first-order chi connectivity index (χ1) is 12.5. The van der Waals surface area contributed by atoms with E-state index >= 15 is 0 Å². The fourth-order valence-corrected chi connectivity index (χ4v) is 3.15. The topological polar surface area (TPSA) is 50.4 Å². The fraction of sp³-hybridized carbons (Fsp3) is 0.409. The first-order valence-corrected chi connectivity index (χ1v) is 9.46. The third-order valence-corrected chi connectivity index (χ3v) is 5.00. The van der Waals surface area contributed by atoms with Gasteiger partial charge in [0.1, 0.15) is 5.75 Å². The number of benzene rings is 2. The summed E-state index contributed by atoms with van der Waals surface area (Å²) in [6.07, 6.45) is 6.87. The van der Waals surface area contributed by atoms with Gasteiger partial charge in [0.25, 0.3) is 0 Å². The average molecular weight is 352 g/mol. The van der Waals surface area contributed by atoms with Crippen LogP contribution in [0.4, 0.5) is 0 Å². The van der Waals surface area contributed by atoms with Crippen molar-refractivity contribution in [3.05, 3.63) is 47.7 Å². The highest BCUT2D eigenvalue weighted by Crippen LogP contribution is 2.32. The number of hydrogen-bond acceptors (Lipinski definition) is 3. The van der Waals surface area contributed by atoms with Crippen LogP contribution in [-0.2, 0) is 4.79 Å². The Kier molecular flexibility index (Phi) is 5.50. The summed E-state index contributed by atoms with van der Waals surface area (Å²) in [5, 5.41) is 2.29. The molecule has 138 valence electrons. The maximum atomic E-state index is 11.9. The van der Waals surface area contributed by atoms with Gasteiger partial charge >= 0.3 is 0 Å². The molecule has 1 fully saturated rings. The molecule has 2 aromatic rings. The minimum Gasteiger partial charge on any atom is -0.494 e. The van der Waals surface area contributed by atoms with Crippen molar-refractivity contribution < 1.29 is 9.53 Å². The Morgan fingerprint density at radius 3 is 2.65 bits per heavy atom. The molecule has 1 saturated heterocycles. The maximum Gasteiger partial charge on any atom is 0.249 e. The standard InChI is InChI=1S/C22H28N2O2/c1-4-5-6-7-13-26-18-11-12-19-16(14-18)9-8-10-17(19)15-20-22(2,3)21(25)24-23-20/h8-12,14-15,23H,4-7,13H2,1-3H3,(H,24,25)/b20-15-. The number of unbranched alkanes of at least 4 members (excludes halogenated alkanes) is 3. The van der Waals surface area contributed by atoms with E-state index in [0.717, 1.165) is 40.8 Å². The number of rotatable bonds is 7. The molecule has 4 heteroatoms. The lowest BCUT2D eigenvalue weighted by Gasteiger charge is -2.15. The molecule has 0 atom stereocenters. The zero-order valence-electron chi connectivity index (χ0n) is 15.9. The van der Waals surface area contributed by atoms with Crippen LogP contribution in [0.3, 0.4) is 0 Å². The molecular formula is C22H28N2O2. The molecule has 2 N–H and O–H groups in total. The zero-order valence-corrected chi connectivity index (χ0v) is 15.9. The normalized spacial score (nSPS) is 17.3. The van der Waals surface area contributed by atoms with Gasteiger partial charge in [0.2, 0.25) is 5.91 Å². The van der Waals surface area contributed by atoms with Crippen LogP contribution >= 0.6 is 0 Å². The predicted molar refractivity (Wildman–Crippen MR) is 107 cm³/mol. The SMILES string of the molecule is CCCCCCOc1ccc2c(/C=C3\NNC(=O)C3(C)C)cccc2c1. The molecule has 4 nitrogen and oxygen atoms in total. The summed E-state index contributed by atoms with van der Waals surface area (Å²) in [7, 11) is 0. The van der Waals surface area contributed by atoms with Gasteiger partial charge in [-0.3, -0.25) is 10.2 Å². The van der Waals surface area contributed by atoms with Crippen LogP contribution in [0.15, 0.2) is 42.1 Å². The Bertz CT molecular complexity index is 824. The van der Waals surface area contributed by atoms with Crippen molar-refractivity contribution in [3.8, 4) is 5.75 Å². The summed E-state index contributed by atoms with van der Waals surface area (Å²) in [5.41, 5.74) is 7.12. The molecule has 0 aromatic heterocycles. The van der Waals surface area contributed by atoms with E-state index in [2.05, 4.69) is 42.0 Å². The summed E-state index contributed by atoms with van der Waals surface area (Å²) in [6.45, 7) is 6.82. The molecule has 1 aliphatic heterocycles. The molecule has 1 heterocycles. The van der Waals surface area contributed by atoms with E-state index in [9.17, 15) is 4.79 Å². The maximum absolute atomic E-state index is 11.9. The predicted octanol–water partition coefficient (Wildman–Crippen LogP) is 4.80. The zero-order chi connectivity index (χ0) is 18.6. The van der Waals surface area contributed by atoms with Gasteiger partial charge in [-0.2, -0.15) is 0 Å². The number of ether oxygens (including phenoxy) is 1. The monoisotopic (exact) mass is 352 g/mol. The highest BCUT2D eigenvalue weighted by molar-refractivity contribution is 5.94. The second-order valence-electron chi connectivity index (χ2n) is 7.40. The number of nitrogens with one attached hydrogen (secondary N) is 2. The summed E-state index contributed by atoms with van der Waals surface area (Å²) in [5.74, 6) is 0.901. The first kappa shape index (κ1) is 18.3. The van der Waals surface area contributed by atoms with Crippen molar-refractivity contribution in [1.29, 1.82) is 0 Å². The molecule has 0 unspecified atom stereocenters. The van der Waals surface area contributed by atoms with Gasteiger partial charge in [-0.05, 0) is 54.8 Å². The van der Waals surface area contributed by atoms with Crippen molar-refractivity contribution in [1.82, 2.24) is 10.9 Å². The lowest BCUT2D eigenvalue weighted by atomic mass is 9.88. The quantitative estimate of drug-likeness (QED) is 0.704. The third kappa shape index (κ3) is 3.85. The van der Waals surface area contributed by atoms with Crippen LogP contribution < -0.4 is 15.6 Å². The van der Waals surface area contributed by atoms with E-state index in [-0.39, 0.29) is 5.91 Å². The van der Waals surface area contributed by atoms with Crippen molar-refractivity contribution in [2.45, 2.75) is 46.5 Å². The molecule has 3 rings (SSSR count). The Morgan fingerprint density at radius 1 is 1.08 bits per heavy atom. The van der Waals surface area contributed by atoms with Crippen molar-refractivity contribution in [2.24, 2.45) is 5.41 Å². The van der Waals surface area contributed by atoms with E-state index in [1.165, 1.54) is 19.3 Å². The highest BCUT2D eigenvalue weighted by Gasteiger charge is 2.37. The van der Waals surface area contributed by atoms with E-state index in [0.29, 0.717) is 0 Å². The molecule has 0 spiro atoms. The minimum absolute atomic E-state index is 0.0113. The van der Waals surface area contributed by atoms with Crippen LogP contribution in [0, 0.1) is 5.41 Å². The van der Waals surface area contributed by atoms with Gasteiger partial charge in [0, 0.05) is 5.70 Å². The molecule has 0 saturated carbocycles. The van der Waals surface area contributed by atoms with E-state index in [1.54, 1.807) is 0 Å². The van der Waals surface area contributed by atoms with E-state index in [4.69, 9.17) is 4.74 Å². The number of carbonyl (C=O) groups is 1. The summed E-state index contributed by atoms with van der Waals surface area (Å²) in [6, 6.07) is 12.4. The van der Waals surface area contributed by atoms with Crippen LogP contribution in [0.1, 0.15) is 52.0 Å². The lowest BCUT2D eigenvalue weighted by molar-refractivity contribution is -0.125. The molecule has 2 aromatic carbocycles. The molecule has 26 heavy (non-hydrogen) atoms. The Balaban J connectivity index is 1.80. The van der Waals surface area contributed by atoms with Crippen LogP contribution in [0.5, 0.6) is 5.75 Å². The van der Waals surface area contributed by atoms with Crippen molar-refractivity contribution in [3.63, 3.8) is 0 Å². The number of hydrogen-bond donors (Lipinski definition) is 2. The Labute approximate surface area is 155 Å². The average Bonchev–Trinajstić information content (AvgIpc) is 2.88. The summed E-state index contributed by atoms with van der Waals surface area (Å²) < 4.78 is 5.90. The number of carbonyl (C=O) groups excluding carboxylic acids is 1. The first-order valence-electron chi connectivity index (χ1n) is 9.46. The largest absolute Gasteiger partial charge is 0.494 e. The third-order valence-electron chi connectivity index (χ3n) is 5.00. The van der Waals surface area contributed by atoms with Gasteiger partial charge in [-0.25, -0.2) is 0 Å². The molecule has 0 bridgehead atoms. The minimum atomic E-state index is -0.552. The number of fused-ring (bicyclic) bond motifs is 1. The van der Waals surface area contributed by atoms with Gasteiger partial charge in [0.15, 0.2) is 0 Å². The second kappa shape index (κ2) is 7.81. The summed E-state index contributed by atoms with van der Waals surface area (Å²) >= 11 is 0. The lowest BCUT2D eigenvalue weighted by Crippen LogP contribution is -2.28. The van der Waals surface area contributed by atoms with Gasteiger partial charge < -0.3 is 10.2 Å². The highest BCUT2D eigenvalue weighted by atomic mass is 16.5.